The van der Waals surface area contributed by atoms with Crippen molar-refractivity contribution in [3.63, 3.8) is 0 Å². The smallest absolute Gasteiger partial charge is 0.332 e. The molecule has 0 bridgehead atoms. The normalized spacial score (nSPS) is 16.0. The number of oxazole rings is 1. The van der Waals surface area contributed by atoms with Gasteiger partial charge in [-0.1, -0.05) is 18.2 Å². The monoisotopic (exact) mass is 394 g/mol. The zero-order valence-electron chi connectivity index (χ0n) is 16.0. The predicted octanol–water partition coefficient (Wildman–Crippen LogP) is 2.83. The van der Waals surface area contributed by atoms with E-state index >= 15 is 0 Å². The maximum Gasteiger partial charge on any atom is 0.332 e. The highest BCUT2D eigenvalue weighted by molar-refractivity contribution is 5.75. The van der Waals surface area contributed by atoms with Crippen molar-refractivity contribution in [2.24, 2.45) is 0 Å². The van der Waals surface area contributed by atoms with Crippen LogP contribution in [-0.2, 0) is 6.42 Å². The third-order valence-electron chi connectivity index (χ3n) is 4.56. The van der Waals surface area contributed by atoms with Crippen LogP contribution in [0, 0.1) is 0 Å². The van der Waals surface area contributed by atoms with Gasteiger partial charge in [0.2, 0.25) is 5.89 Å². The van der Waals surface area contributed by atoms with Crippen LogP contribution in [0.1, 0.15) is 5.69 Å². The molecule has 1 atom stereocenters. The first kappa shape index (κ1) is 18.8. The van der Waals surface area contributed by atoms with E-state index in [4.69, 9.17) is 13.9 Å². The SMILES string of the molecule is CN1C(=O)NNC1COc1ccc(OCCc2coc(-c3ccccc3)n2)cc1. The lowest BCUT2D eigenvalue weighted by Crippen LogP contribution is -2.40. The minimum Gasteiger partial charge on any atom is -0.493 e. The largest absolute Gasteiger partial charge is 0.493 e. The number of nitrogens with zero attached hydrogens (tertiary/aromatic N) is 2. The molecular weight excluding hydrogens is 372 g/mol. The van der Waals surface area contributed by atoms with E-state index in [1.54, 1.807) is 18.2 Å². The highest BCUT2D eigenvalue weighted by atomic mass is 16.5. The van der Waals surface area contributed by atoms with Gasteiger partial charge < -0.3 is 18.8 Å². The van der Waals surface area contributed by atoms with Crippen molar-refractivity contribution in [3.8, 4) is 23.0 Å². The molecule has 29 heavy (non-hydrogen) atoms. The summed E-state index contributed by atoms with van der Waals surface area (Å²) in [6, 6.07) is 17.0. The standard InChI is InChI=1S/C21H22N4O4/c1-25-19(23-24-21(25)26)14-28-18-9-7-17(8-10-18)27-12-11-16-13-29-20(22-16)15-5-3-2-4-6-15/h2-10,13,19,23H,11-12,14H2,1H3,(H,24,26). The zero-order valence-corrected chi connectivity index (χ0v) is 16.0. The van der Waals surface area contributed by atoms with Crippen molar-refractivity contribution < 1.29 is 18.7 Å². The van der Waals surface area contributed by atoms with Gasteiger partial charge in [0, 0.05) is 19.0 Å². The van der Waals surface area contributed by atoms with Gasteiger partial charge in [-0.15, -0.1) is 0 Å². The van der Waals surface area contributed by atoms with E-state index < -0.39 is 0 Å². The average Bonchev–Trinajstić information content (AvgIpc) is 3.35. The molecule has 3 aromatic rings. The molecule has 1 aliphatic heterocycles. The van der Waals surface area contributed by atoms with E-state index in [-0.39, 0.29) is 12.2 Å². The summed E-state index contributed by atoms with van der Waals surface area (Å²) in [7, 11) is 1.71. The summed E-state index contributed by atoms with van der Waals surface area (Å²) in [4.78, 5) is 17.4. The molecule has 150 valence electrons. The average molecular weight is 394 g/mol. The molecule has 2 N–H and O–H groups in total. The van der Waals surface area contributed by atoms with Crippen molar-refractivity contribution in [2.75, 3.05) is 20.3 Å². The molecule has 2 aromatic carbocycles. The number of ether oxygens (including phenoxy) is 2. The molecule has 0 radical (unpaired) electrons. The lowest BCUT2D eigenvalue weighted by atomic mass is 10.2. The van der Waals surface area contributed by atoms with E-state index in [2.05, 4.69) is 15.8 Å². The van der Waals surface area contributed by atoms with E-state index in [9.17, 15) is 4.79 Å². The maximum absolute atomic E-state index is 11.4. The second-order valence-corrected chi connectivity index (χ2v) is 6.59. The molecule has 0 saturated carbocycles. The summed E-state index contributed by atoms with van der Waals surface area (Å²) in [5.41, 5.74) is 7.19. The van der Waals surface area contributed by atoms with Crippen LogP contribution in [0.5, 0.6) is 11.5 Å². The van der Waals surface area contributed by atoms with Crippen LogP contribution in [0.2, 0.25) is 0 Å². The van der Waals surface area contributed by atoms with Gasteiger partial charge in [-0.3, -0.25) is 5.43 Å². The topological polar surface area (TPSA) is 88.9 Å². The lowest BCUT2D eigenvalue weighted by molar-refractivity contribution is 0.180. The fourth-order valence-corrected chi connectivity index (χ4v) is 2.84. The van der Waals surface area contributed by atoms with E-state index in [0.717, 1.165) is 17.0 Å². The minimum atomic E-state index is -0.207. The number of amides is 2. The Morgan fingerprint density at radius 1 is 1.07 bits per heavy atom. The molecule has 1 fully saturated rings. The Kier molecular flexibility index (Phi) is 5.62. The number of urea groups is 1. The third kappa shape index (κ3) is 4.67. The highest BCUT2D eigenvalue weighted by Crippen LogP contribution is 2.20. The number of hydrogen-bond donors (Lipinski definition) is 2. The van der Waals surface area contributed by atoms with Gasteiger partial charge in [-0.05, 0) is 36.4 Å². The Bertz CT molecular complexity index is 943. The molecule has 1 unspecified atom stereocenters. The Hall–Kier alpha value is -3.52. The number of likely N-dealkylation sites (N-methyl/N-ethyl adjacent to an activating group) is 1. The van der Waals surface area contributed by atoms with Crippen LogP contribution < -0.4 is 20.3 Å². The summed E-state index contributed by atoms with van der Waals surface area (Å²) >= 11 is 0. The summed E-state index contributed by atoms with van der Waals surface area (Å²) in [6.07, 6.45) is 2.10. The first-order chi connectivity index (χ1) is 14.2. The van der Waals surface area contributed by atoms with E-state index in [1.165, 1.54) is 0 Å². The number of rotatable bonds is 8. The Balaban J connectivity index is 1.22. The predicted molar refractivity (Wildman–Crippen MR) is 106 cm³/mol. The van der Waals surface area contributed by atoms with Crippen LogP contribution in [0.25, 0.3) is 11.5 Å². The number of carbonyl (C=O) groups is 1. The summed E-state index contributed by atoms with van der Waals surface area (Å²) in [6.45, 7) is 0.830. The van der Waals surface area contributed by atoms with Crippen molar-refractivity contribution in [1.82, 2.24) is 20.7 Å². The van der Waals surface area contributed by atoms with Crippen LogP contribution in [0.3, 0.4) is 0 Å². The molecule has 8 nitrogen and oxygen atoms in total. The summed E-state index contributed by atoms with van der Waals surface area (Å²) in [5, 5.41) is 0. The van der Waals surface area contributed by atoms with Gasteiger partial charge in [0.15, 0.2) is 0 Å². The zero-order chi connectivity index (χ0) is 20.1. The highest BCUT2D eigenvalue weighted by Gasteiger charge is 2.27. The van der Waals surface area contributed by atoms with Crippen LogP contribution in [0.4, 0.5) is 4.79 Å². The van der Waals surface area contributed by atoms with Gasteiger partial charge in [-0.2, -0.15) is 0 Å². The first-order valence-electron chi connectivity index (χ1n) is 9.33. The molecule has 2 heterocycles. The van der Waals surface area contributed by atoms with Gasteiger partial charge >= 0.3 is 6.03 Å². The summed E-state index contributed by atoms with van der Waals surface area (Å²) in [5.74, 6) is 2.06. The fourth-order valence-electron chi connectivity index (χ4n) is 2.84. The molecule has 1 saturated heterocycles. The molecule has 1 aromatic heterocycles. The van der Waals surface area contributed by atoms with Crippen molar-refractivity contribution in [1.29, 1.82) is 0 Å². The van der Waals surface area contributed by atoms with Crippen LogP contribution in [-0.4, -0.2) is 42.3 Å². The first-order valence-corrected chi connectivity index (χ1v) is 9.33. The lowest BCUT2D eigenvalue weighted by Gasteiger charge is -2.18. The van der Waals surface area contributed by atoms with Crippen molar-refractivity contribution in [3.05, 3.63) is 66.6 Å². The molecule has 0 spiro atoms. The van der Waals surface area contributed by atoms with Crippen molar-refractivity contribution >= 4 is 6.03 Å². The van der Waals surface area contributed by atoms with Crippen molar-refractivity contribution in [2.45, 2.75) is 12.6 Å². The molecular formula is C21H22N4O4. The number of hydrogen-bond acceptors (Lipinski definition) is 6. The van der Waals surface area contributed by atoms with Gasteiger partial charge in [0.05, 0.1) is 12.3 Å². The molecule has 8 heteroatoms. The Morgan fingerprint density at radius 2 is 1.79 bits per heavy atom. The molecule has 2 amide bonds. The molecule has 1 aliphatic rings. The minimum absolute atomic E-state index is 0.176. The Morgan fingerprint density at radius 3 is 2.48 bits per heavy atom. The molecule has 0 aliphatic carbocycles. The second-order valence-electron chi connectivity index (χ2n) is 6.59. The van der Waals surface area contributed by atoms with Crippen LogP contribution >= 0.6 is 0 Å². The fraction of sp³-hybridized carbons (Fsp3) is 0.238. The van der Waals surface area contributed by atoms with Crippen LogP contribution in [0.15, 0.2) is 65.3 Å². The van der Waals surface area contributed by atoms with E-state index in [0.29, 0.717) is 31.3 Å². The maximum atomic E-state index is 11.4. The number of aromatic nitrogens is 1. The number of hydrazine groups is 1. The van der Waals surface area contributed by atoms with Gasteiger partial charge in [-0.25, -0.2) is 15.2 Å². The van der Waals surface area contributed by atoms with Gasteiger partial charge in [0.25, 0.3) is 0 Å². The molecule has 4 rings (SSSR count). The number of nitrogens with one attached hydrogen (secondary N) is 2. The quantitative estimate of drug-likeness (QED) is 0.611. The summed E-state index contributed by atoms with van der Waals surface area (Å²) < 4.78 is 17.0. The number of benzene rings is 2. The Labute approximate surface area is 168 Å². The van der Waals surface area contributed by atoms with Gasteiger partial charge in [0.1, 0.15) is 30.5 Å². The third-order valence-corrected chi connectivity index (χ3v) is 4.56. The van der Waals surface area contributed by atoms with E-state index in [1.807, 2.05) is 54.6 Å². The number of carbonyl (C=O) groups excluding carboxylic acids is 1. The second kappa shape index (κ2) is 8.66.